The maximum atomic E-state index is 12.9. The number of amides is 2. The van der Waals surface area contributed by atoms with Crippen LogP contribution in [0.25, 0.3) is 0 Å². The van der Waals surface area contributed by atoms with Crippen LogP contribution in [0, 0.1) is 0 Å². The molecular weight excluding hydrogens is 396 g/mol. The van der Waals surface area contributed by atoms with Gasteiger partial charge in [0.1, 0.15) is 5.75 Å². The normalized spacial score (nSPS) is 17.3. The zero-order valence-electron chi connectivity index (χ0n) is 17.2. The summed E-state index contributed by atoms with van der Waals surface area (Å²) in [5.74, 6) is -0.874. The first-order valence-electron chi connectivity index (χ1n) is 9.62. The molecule has 1 aliphatic rings. The molecule has 1 heterocycles. The smallest absolute Gasteiger partial charge is 0.309 e. The molecule has 1 atom stereocenters. The molecule has 9 nitrogen and oxygen atoms in total. The molecule has 29 heavy (non-hydrogen) atoms. The second-order valence-corrected chi connectivity index (χ2v) is 9.10. The zero-order chi connectivity index (χ0) is 21.4. The van der Waals surface area contributed by atoms with Gasteiger partial charge in [-0.3, -0.25) is 9.59 Å². The fraction of sp³-hybridized carbons (Fsp3) is 0.579. The molecule has 0 spiro atoms. The fourth-order valence-electron chi connectivity index (χ4n) is 3.18. The lowest BCUT2D eigenvalue weighted by Crippen LogP contribution is -2.47. The SMILES string of the molecule is COc1ccc(S(=O)(=O)N2CCCC2CNC(=O)C(=O)NCCCN(C)C)cc1. The van der Waals surface area contributed by atoms with Crippen molar-refractivity contribution >= 4 is 21.8 Å². The van der Waals surface area contributed by atoms with Gasteiger partial charge >= 0.3 is 11.8 Å². The first-order valence-corrected chi connectivity index (χ1v) is 11.1. The molecule has 1 aromatic carbocycles. The Bertz CT molecular complexity index is 795. The Morgan fingerprint density at radius 1 is 1.17 bits per heavy atom. The molecule has 0 bridgehead atoms. The van der Waals surface area contributed by atoms with Crippen LogP contribution in [0.3, 0.4) is 0 Å². The summed E-state index contributed by atoms with van der Waals surface area (Å²) < 4.78 is 32.3. The van der Waals surface area contributed by atoms with E-state index in [9.17, 15) is 18.0 Å². The summed E-state index contributed by atoms with van der Waals surface area (Å²) in [6, 6.07) is 5.82. The number of hydrogen-bond acceptors (Lipinski definition) is 6. The van der Waals surface area contributed by atoms with E-state index in [0.29, 0.717) is 31.7 Å². The van der Waals surface area contributed by atoms with Gasteiger partial charge in [0, 0.05) is 25.7 Å². The molecule has 1 fully saturated rings. The lowest BCUT2D eigenvalue weighted by Gasteiger charge is -2.24. The summed E-state index contributed by atoms with van der Waals surface area (Å²) >= 11 is 0. The van der Waals surface area contributed by atoms with Gasteiger partial charge in [0.15, 0.2) is 0 Å². The van der Waals surface area contributed by atoms with E-state index in [4.69, 9.17) is 4.74 Å². The molecular formula is C19H30N4O5S. The first-order chi connectivity index (χ1) is 13.8. The van der Waals surface area contributed by atoms with E-state index in [-0.39, 0.29) is 17.5 Å². The third kappa shape index (κ3) is 6.41. The van der Waals surface area contributed by atoms with Gasteiger partial charge in [0.2, 0.25) is 10.0 Å². The largest absolute Gasteiger partial charge is 0.497 e. The molecule has 1 unspecified atom stereocenters. The number of sulfonamides is 1. The number of nitrogens with one attached hydrogen (secondary N) is 2. The van der Waals surface area contributed by atoms with E-state index < -0.39 is 21.8 Å². The van der Waals surface area contributed by atoms with Crippen LogP contribution in [-0.2, 0) is 19.6 Å². The maximum Gasteiger partial charge on any atom is 0.309 e. The number of nitrogens with zero attached hydrogens (tertiary/aromatic N) is 2. The van der Waals surface area contributed by atoms with Crippen molar-refractivity contribution in [1.82, 2.24) is 19.8 Å². The van der Waals surface area contributed by atoms with Crippen LogP contribution in [0.5, 0.6) is 5.75 Å². The average molecular weight is 427 g/mol. The third-order valence-electron chi connectivity index (χ3n) is 4.76. The summed E-state index contributed by atoms with van der Waals surface area (Å²) in [6.45, 7) is 1.69. The van der Waals surface area contributed by atoms with Crippen LogP contribution < -0.4 is 15.4 Å². The molecule has 2 amide bonds. The molecule has 1 saturated heterocycles. The van der Waals surface area contributed by atoms with Crippen molar-refractivity contribution < 1.29 is 22.7 Å². The van der Waals surface area contributed by atoms with Crippen LogP contribution in [-0.4, -0.2) is 82.9 Å². The minimum atomic E-state index is -3.69. The first kappa shape index (κ1) is 23.1. The van der Waals surface area contributed by atoms with Crippen molar-refractivity contribution in [1.29, 1.82) is 0 Å². The minimum Gasteiger partial charge on any atom is -0.497 e. The number of carbonyl (C=O) groups excluding carboxylic acids is 2. The van der Waals surface area contributed by atoms with Crippen LogP contribution >= 0.6 is 0 Å². The quantitative estimate of drug-likeness (QED) is 0.426. The van der Waals surface area contributed by atoms with Gasteiger partial charge in [-0.15, -0.1) is 0 Å². The van der Waals surface area contributed by atoms with Gasteiger partial charge in [-0.1, -0.05) is 0 Å². The lowest BCUT2D eigenvalue weighted by atomic mass is 10.2. The Morgan fingerprint density at radius 2 is 1.83 bits per heavy atom. The summed E-state index contributed by atoms with van der Waals surface area (Å²) in [4.78, 5) is 26.0. The van der Waals surface area contributed by atoms with Gasteiger partial charge in [-0.05, 0) is 64.2 Å². The van der Waals surface area contributed by atoms with Crippen molar-refractivity contribution in [3.8, 4) is 5.75 Å². The Morgan fingerprint density at radius 3 is 2.45 bits per heavy atom. The Hall–Kier alpha value is -2.17. The standard InChI is InChI=1S/C19H30N4O5S/c1-22(2)12-5-11-20-18(24)19(25)21-14-15-6-4-13-23(15)29(26,27)17-9-7-16(28-3)8-10-17/h7-10,15H,4-6,11-14H2,1-3H3,(H,20,24)(H,21,25). The third-order valence-corrected chi connectivity index (χ3v) is 6.73. The Kier molecular flexibility index (Phi) is 8.42. The zero-order valence-corrected chi connectivity index (χ0v) is 18.0. The molecule has 0 aromatic heterocycles. The van der Waals surface area contributed by atoms with Crippen molar-refractivity contribution in [2.75, 3.05) is 47.4 Å². The van der Waals surface area contributed by atoms with Gasteiger partial charge in [0.25, 0.3) is 0 Å². The minimum absolute atomic E-state index is 0.0966. The van der Waals surface area contributed by atoms with E-state index in [1.54, 1.807) is 12.1 Å². The number of rotatable bonds is 9. The molecule has 0 radical (unpaired) electrons. The van der Waals surface area contributed by atoms with Crippen molar-refractivity contribution in [2.45, 2.75) is 30.2 Å². The van der Waals surface area contributed by atoms with Crippen molar-refractivity contribution in [3.05, 3.63) is 24.3 Å². The number of benzene rings is 1. The second-order valence-electron chi connectivity index (χ2n) is 7.21. The van der Waals surface area contributed by atoms with Crippen LogP contribution in [0.4, 0.5) is 0 Å². The lowest BCUT2D eigenvalue weighted by molar-refractivity contribution is -0.139. The van der Waals surface area contributed by atoms with E-state index in [1.807, 2.05) is 19.0 Å². The summed E-state index contributed by atoms with van der Waals surface area (Å²) in [7, 11) is 1.69. The van der Waals surface area contributed by atoms with Gasteiger partial charge in [-0.25, -0.2) is 8.42 Å². The molecule has 0 aliphatic carbocycles. The van der Waals surface area contributed by atoms with Crippen LogP contribution in [0.1, 0.15) is 19.3 Å². The van der Waals surface area contributed by atoms with Gasteiger partial charge in [0.05, 0.1) is 12.0 Å². The van der Waals surface area contributed by atoms with E-state index in [1.165, 1.54) is 23.5 Å². The molecule has 1 aliphatic heterocycles. The Balaban J connectivity index is 1.90. The van der Waals surface area contributed by atoms with Gasteiger partial charge < -0.3 is 20.3 Å². The number of methoxy groups -OCH3 is 1. The highest BCUT2D eigenvalue weighted by molar-refractivity contribution is 7.89. The summed E-state index contributed by atoms with van der Waals surface area (Å²) in [5.41, 5.74) is 0. The molecule has 2 rings (SSSR count). The topological polar surface area (TPSA) is 108 Å². The second kappa shape index (κ2) is 10.6. The van der Waals surface area contributed by atoms with Crippen molar-refractivity contribution in [2.24, 2.45) is 0 Å². The number of hydrogen-bond donors (Lipinski definition) is 2. The maximum absolute atomic E-state index is 12.9. The molecule has 1 aromatic rings. The van der Waals surface area contributed by atoms with Gasteiger partial charge in [-0.2, -0.15) is 4.31 Å². The van der Waals surface area contributed by atoms with Crippen molar-refractivity contribution in [3.63, 3.8) is 0 Å². The van der Waals surface area contributed by atoms with Crippen LogP contribution in [0.15, 0.2) is 29.2 Å². The monoisotopic (exact) mass is 426 g/mol. The summed E-state index contributed by atoms with van der Waals surface area (Å²) in [5, 5.41) is 5.13. The molecule has 10 heteroatoms. The van der Waals surface area contributed by atoms with E-state index in [2.05, 4.69) is 10.6 Å². The predicted molar refractivity (Wildman–Crippen MR) is 109 cm³/mol. The number of carbonyl (C=O) groups is 2. The average Bonchev–Trinajstić information content (AvgIpc) is 3.18. The van der Waals surface area contributed by atoms with E-state index in [0.717, 1.165) is 13.0 Å². The number of ether oxygens (including phenoxy) is 1. The highest BCUT2D eigenvalue weighted by Crippen LogP contribution is 2.26. The molecule has 162 valence electrons. The highest BCUT2D eigenvalue weighted by Gasteiger charge is 2.35. The predicted octanol–water partition coefficient (Wildman–Crippen LogP) is 0.0324. The highest BCUT2D eigenvalue weighted by atomic mass is 32.2. The molecule has 0 saturated carbocycles. The molecule has 2 N–H and O–H groups in total. The van der Waals surface area contributed by atoms with Crippen LogP contribution in [0.2, 0.25) is 0 Å². The summed E-state index contributed by atoms with van der Waals surface area (Å²) in [6.07, 6.45) is 2.06. The fourth-order valence-corrected chi connectivity index (χ4v) is 4.87. The Labute approximate surface area is 172 Å². The van der Waals surface area contributed by atoms with E-state index >= 15 is 0 Å².